The molecule has 10 heavy (non-hydrogen) atoms. The molecule has 0 saturated carbocycles. The average molecular weight is 350 g/mol. The number of nitrogens with zero attached hydrogens (tertiary/aromatic N) is 1. The van der Waals surface area contributed by atoms with Crippen molar-refractivity contribution in [2.75, 3.05) is 13.2 Å². The van der Waals surface area contributed by atoms with E-state index in [1.165, 1.54) is 0 Å². The fourth-order valence-corrected chi connectivity index (χ4v) is 5.14. The second-order valence-electron chi connectivity index (χ2n) is 1.93. The van der Waals surface area contributed by atoms with E-state index in [0.29, 0.717) is 6.61 Å². The van der Waals surface area contributed by atoms with E-state index in [0.717, 1.165) is 3.08 Å². The van der Waals surface area contributed by atoms with Crippen molar-refractivity contribution < 1.29 is 33.0 Å². The minimum atomic E-state index is -1.58. The van der Waals surface area contributed by atoms with E-state index >= 15 is 0 Å². The van der Waals surface area contributed by atoms with Gasteiger partial charge in [0.2, 0.25) is 0 Å². The van der Waals surface area contributed by atoms with Crippen LogP contribution in [0.1, 0.15) is 0 Å². The zero-order chi connectivity index (χ0) is 7.56. The molecule has 4 nitrogen and oxygen atoms in total. The molecule has 0 fully saturated rings. The van der Waals surface area contributed by atoms with Crippen LogP contribution >= 0.6 is 8.25 Å². The first-order chi connectivity index (χ1) is 4.75. The molecule has 0 radical (unpaired) electrons. The molecule has 1 aliphatic heterocycles. The summed E-state index contributed by atoms with van der Waals surface area (Å²) in [6.45, 7) is 0.552. The van der Waals surface area contributed by atoms with Crippen molar-refractivity contribution in [3.8, 4) is 0 Å². The summed E-state index contributed by atoms with van der Waals surface area (Å²) in [6, 6.07) is 0. The van der Waals surface area contributed by atoms with Gasteiger partial charge in [0.15, 0.2) is 0 Å². The third-order valence-corrected chi connectivity index (χ3v) is 7.77. The van der Waals surface area contributed by atoms with E-state index in [4.69, 9.17) is 13.0 Å². The summed E-state index contributed by atoms with van der Waals surface area (Å²) < 4.78 is 5.69. The number of halogens is 1. The summed E-state index contributed by atoms with van der Waals surface area (Å²) in [5, 5.41) is 10.2. The van der Waals surface area contributed by atoms with Gasteiger partial charge in [-0.15, -0.1) is 0 Å². The van der Waals surface area contributed by atoms with Crippen LogP contribution in [0.5, 0.6) is 0 Å². The second kappa shape index (κ2) is 3.64. The summed E-state index contributed by atoms with van der Waals surface area (Å²) in [5.41, 5.74) is 0.219. The van der Waals surface area contributed by atoms with Crippen LogP contribution in [0.3, 0.4) is 0 Å². The van der Waals surface area contributed by atoms with Crippen molar-refractivity contribution in [3.63, 3.8) is 0 Å². The normalized spacial score (nSPS) is 17.3. The standard InChI is InChI=1S/C4H4NO3.ClH.Hg/c6-5(7)4-1-2-8-3-4;;/h2-3H2;1H;/q;;+1/p-1. The van der Waals surface area contributed by atoms with Crippen LogP contribution in [-0.4, -0.2) is 18.1 Å². The van der Waals surface area contributed by atoms with Crippen molar-refractivity contribution in [1.82, 2.24) is 0 Å². The molecule has 1 heterocycles. The molecule has 0 aromatic heterocycles. The van der Waals surface area contributed by atoms with E-state index in [2.05, 4.69) is 0 Å². The quantitative estimate of drug-likeness (QED) is 0.420. The first-order valence-corrected chi connectivity index (χ1v) is 12.3. The van der Waals surface area contributed by atoms with Gasteiger partial charge in [0, 0.05) is 0 Å². The monoisotopic (exact) mass is 351 g/mol. The van der Waals surface area contributed by atoms with Gasteiger partial charge in [0.1, 0.15) is 0 Å². The molecule has 52 valence electrons. The molecule has 0 aromatic rings. The van der Waals surface area contributed by atoms with Crippen molar-refractivity contribution in [2.45, 2.75) is 0 Å². The molecule has 1 aliphatic rings. The van der Waals surface area contributed by atoms with Crippen LogP contribution in [0.25, 0.3) is 0 Å². The SMILES string of the molecule is O=[N+]([O-])C1=[C]([Hg][Cl])COC1. The van der Waals surface area contributed by atoms with Crippen LogP contribution < -0.4 is 0 Å². The molecule has 0 bridgehead atoms. The third kappa shape index (κ3) is 1.68. The molecule has 0 aromatic carbocycles. The predicted molar refractivity (Wildman–Crippen MR) is 30.7 cm³/mol. The maximum absolute atomic E-state index is 10.2. The van der Waals surface area contributed by atoms with Gasteiger partial charge in [-0.1, -0.05) is 0 Å². The van der Waals surface area contributed by atoms with Gasteiger partial charge in [-0.3, -0.25) is 0 Å². The summed E-state index contributed by atoms with van der Waals surface area (Å²) >= 11 is -1.58. The average Bonchev–Trinajstić information content (AvgIpc) is 2.33. The van der Waals surface area contributed by atoms with Crippen LogP contribution in [0.15, 0.2) is 8.78 Å². The Morgan fingerprint density at radius 1 is 1.70 bits per heavy atom. The fourth-order valence-electron chi connectivity index (χ4n) is 0.754. The number of nitro groups is 1. The molecule has 0 spiro atoms. The number of hydrogen-bond donors (Lipinski definition) is 0. The van der Waals surface area contributed by atoms with Gasteiger partial charge >= 0.3 is 73.4 Å². The molecule has 6 heteroatoms. The van der Waals surface area contributed by atoms with Crippen LogP contribution in [0, 0.1) is 10.1 Å². The van der Waals surface area contributed by atoms with Gasteiger partial charge in [0.25, 0.3) is 0 Å². The first kappa shape index (κ1) is 8.42. The molecule has 0 aliphatic carbocycles. The molecule has 1 rings (SSSR count). The minimum absolute atomic E-state index is 0.148. The summed E-state index contributed by atoms with van der Waals surface area (Å²) in [7, 11) is 5.63. The number of rotatable bonds is 2. The first-order valence-electron chi connectivity index (χ1n) is 2.74. The van der Waals surface area contributed by atoms with Crippen molar-refractivity contribution in [1.29, 1.82) is 0 Å². The van der Waals surface area contributed by atoms with E-state index in [-0.39, 0.29) is 17.2 Å². The van der Waals surface area contributed by atoms with Gasteiger partial charge in [-0.2, -0.15) is 0 Å². The Morgan fingerprint density at radius 3 is 2.80 bits per heavy atom. The van der Waals surface area contributed by atoms with Crippen LogP contribution in [-0.2, 0) is 28.1 Å². The van der Waals surface area contributed by atoms with Crippen molar-refractivity contribution in [2.24, 2.45) is 0 Å². The third-order valence-electron chi connectivity index (χ3n) is 1.30. The molecule has 0 N–H and O–H groups in total. The van der Waals surface area contributed by atoms with E-state index in [1.54, 1.807) is 0 Å². The number of ether oxygens (including phenoxy) is 1. The number of hydrogen-bond acceptors (Lipinski definition) is 3. The summed E-state index contributed by atoms with van der Waals surface area (Å²) in [6.07, 6.45) is 0. The Bertz CT molecular complexity index is 193. The maximum atomic E-state index is 10.2. The van der Waals surface area contributed by atoms with Crippen LogP contribution in [0.4, 0.5) is 0 Å². The van der Waals surface area contributed by atoms with E-state index in [1.807, 2.05) is 0 Å². The Labute approximate surface area is 73.2 Å². The van der Waals surface area contributed by atoms with Crippen molar-refractivity contribution in [3.05, 3.63) is 18.9 Å². The Kier molecular flexibility index (Phi) is 3.07. The zero-order valence-corrected chi connectivity index (χ0v) is 11.4. The van der Waals surface area contributed by atoms with E-state index in [9.17, 15) is 10.1 Å². The van der Waals surface area contributed by atoms with Crippen LogP contribution in [0.2, 0.25) is 0 Å². The molecular weight excluding hydrogens is 346 g/mol. The summed E-state index contributed by atoms with van der Waals surface area (Å²) in [5.74, 6) is 0. The van der Waals surface area contributed by atoms with E-state index < -0.39 is 23.3 Å². The van der Waals surface area contributed by atoms with Gasteiger partial charge in [-0.05, 0) is 0 Å². The Hall–Kier alpha value is 0.325. The topological polar surface area (TPSA) is 52.4 Å². The molecule has 0 amide bonds. The Morgan fingerprint density at radius 2 is 2.40 bits per heavy atom. The molecular formula is C4H4ClHgNO3. The molecule has 0 atom stereocenters. The second-order valence-corrected chi connectivity index (χ2v) is 8.64. The summed E-state index contributed by atoms with van der Waals surface area (Å²) in [4.78, 5) is 9.83. The van der Waals surface area contributed by atoms with Gasteiger partial charge in [-0.25, -0.2) is 0 Å². The van der Waals surface area contributed by atoms with Crippen molar-refractivity contribution >= 4 is 8.25 Å². The molecule has 0 unspecified atom stereocenters. The van der Waals surface area contributed by atoms with Gasteiger partial charge in [0.05, 0.1) is 0 Å². The predicted octanol–water partition coefficient (Wildman–Crippen LogP) is 0.741. The molecule has 0 saturated heterocycles. The van der Waals surface area contributed by atoms with Gasteiger partial charge < -0.3 is 0 Å². The Balaban J connectivity index is 2.78. The zero-order valence-electron chi connectivity index (χ0n) is 5.17. The fraction of sp³-hybridized carbons (Fsp3) is 0.500.